The maximum atomic E-state index is 11.9. The van der Waals surface area contributed by atoms with Gasteiger partial charge >= 0.3 is 0 Å². The average Bonchev–Trinajstić information content (AvgIpc) is 2.40. The third kappa shape index (κ3) is 2.92. The molecular weight excluding hydrogens is 222 g/mol. The van der Waals surface area contributed by atoms with Crippen molar-refractivity contribution in [3.63, 3.8) is 0 Å². The summed E-state index contributed by atoms with van der Waals surface area (Å²) in [5.74, 6) is 0.258. The molecule has 1 aromatic rings. The van der Waals surface area contributed by atoms with E-state index in [-0.39, 0.29) is 11.9 Å². The molecule has 1 unspecified atom stereocenters. The number of morpholine rings is 1. The molecule has 0 bridgehead atoms. The van der Waals surface area contributed by atoms with Crippen molar-refractivity contribution < 1.29 is 14.3 Å². The molecule has 92 valence electrons. The second kappa shape index (κ2) is 5.60. The Morgan fingerprint density at radius 3 is 3.29 bits per heavy atom. The first-order valence-corrected chi connectivity index (χ1v) is 5.42. The molecule has 0 aliphatic carbocycles. The predicted molar refractivity (Wildman–Crippen MR) is 62.0 cm³/mol. The molecule has 6 heteroatoms. The molecule has 1 aliphatic rings. The summed E-state index contributed by atoms with van der Waals surface area (Å²) in [6.45, 7) is 1.71. The lowest BCUT2D eigenvalue weighted by Gasteiger charge is -2.23. The van der Waals surface area contributed by atoms with Gasteiger partial charge in [0.05, 0.1) is 20.3 Å². The fraction of sp³-hybridized carbons (Fsp3) is 0.455. The van der Waals surface area contributed by atoms with E-state index < -0.39 is 0 Å². The molecule has 2 rings (SSSR count). The van der Waals surface area contributed by atoms with Crippen molar-refractivity contribution in [3.05, 3.63) is 18.3 Å². The highest BCUT2D eigenvalue weighted by atomic mass is 16.5. The van der Waals surface area contributed by atoms with Crippen LogP contribution in [0.3, 0.4) is 0 Å². The lowest BCUT2D eigenvalue weighted by molar-refractivity contribution is -0.120. The predicted octanol–water partition coefficient (Wildman–Crippen LogP) is 0.0171. The molecule has 0 saturated carbocycles. The van der Waals surface area contributed by atoms with Crippen molar-refractivity contribution in [2.75, 3.05) is 32.2 Å². The summed E-state index contributed by atoms with van der Waals surface area (Å²) in [4.78, 5) is 15.9. The number of anilines is 1. The first-order chi connectivity index (χ1) is 8.31. The normalized spacial score (nSPS) is 19.7. The van der Waals surface area contributed by atoms with Crippen molar-refractivity contribution >= 4 is 11.6 Å². The van der Waals surface area contributed by atoms with Crippen molar-refractivity contribution in [2.24, 2.45) is 0 Å². The van der Waals surface area contributed by atoms with E-state index in [1.165, 1.54) is 7.11 Å². The Bertz CT molecular complexity index is 391. The van der Waals surface area contributed by atoms with Crippen LogP contribution in [0.25, 0.3) is 0 Å². The number of aromatic nitrogens is 1. The number of nitrogens with one attached hydrogen (secondary N) is 2. The molecule has 17 heavy (non-hydrogen) atoms. The Hall–Kier alpha value is -1.66. The van der Waals surface area contributed by atoms with Gasteiger partial charge in [0.25, 0.3) is 0 Å². The highest BCUT2D eigenvalue weighted by Crippen LogP contribution is 2.19. The number of ether oxygens (including phenoxy) is 2. The first-order valence-electron chi connectivity index (χ1n) is 5.42. The molecule has 1 aliphatic heterocycles. The van der Waals surface area contributed by atoms with Crippen LogP contribution in [0.1, 0.15) is 0 Å². The second-order valence-corrected chi connectivity index (χ2v) is 3.63. The lowest BCUT2D eigenvalue weighted by atomic mass is 10.2. The number of pyridine rings is 1. The highest BCUT2D eigenvalue weighted by Gasteiger charge is 2.22. The van der Waals surface area contributed by atoms with Gasteiger partial charge < -0.3 is 20.1 Å². The molecule has 0 radical (unpaired) electrons. The van der Waals surface area contributed by atoms with E-state index in [4.69, 9.17) is 9.47 Å². The summed E-state index contributed by atoms with van der Waals surface area (Å²) in [5.41, 5.74) is 0.562. The van der Waals surface area contributed by atoms with E-state index in [2.05, 4.69) is 15.6 Å². The number of methoxy groups -OCH3 is 1. The second-order valence-electron chi connectivity index (χ2n) is 3.63. The number of carbonyl (C=O) groups is 1. The molecule has 0 aromatic carbocycles. The van der Waals surface area contributed by atoms with Crippen LogP contribution in [-0.2, 0) is 9.53 Å². The largest absolute Gasteiger partial charge is 0.480 e. The minimum atomic E-state index is -0.325. The van der Waals surface area contributed by atoms with E-state index in [0.717, 1.165) is 0 Å². The summed E-state index contributed by atoms with van der Waals surface area (Å²) in [5, 5.41) is 5.84. The van der Waals surface area contributed by atoms with Gasteiger partial charge in [0, 0.05) is 12.7 Å². The summed E-state index contributed by atoms with van der Waals surface area (Å²) >= 11 is 0. The minimum Gasteiger partial charge on any atom is -0.480 e. The standard InChI is InChI=1S/C11H15N3O3/c1-16-11-8(3-2-4-13-11)14-10(15)9-7-17-6-5-12-9/h2-4,9,12H,5-7H2,1H3,(H,14,15). The third-order valence-corrected chi connectivity index (χ3v) is 2.46. The molecule has 1 aromatic heterocycles. The Balaban J connectivity index is 2.01. The van der Waals surface area contributed by atoms with Crippen LogP contribution in [0.5, 0.6) is 5.88 Å². The van der Waals surface area contributed by atoms with Crippen molar-refractivity contribution in [1.29, 1.82) is 0 Å². The number of hydrogen-bond donors (Lipinski definition) is 2. The monoisotopic (exact) mass is 237 g/mol. The Morgan fingerprint density at radius 2 is 2.59 bits per heavy atom. The molecule has 1 atom stereocenters. The third-order valence-electron chi connectivity index (χ3n) is 2.46. The summed E-state index contributed by atoms with van der Waals surface area (Å²) < 4.78 is 10.3. The smallest absolute Gasteiger partial charge is 0.244 e. The number of rotatable bonds is 3. The number of nitrogens with zero attached hydrogens (tertiary/aromatic N) is 1. The Morgan fingerprint density at radius 1 is 1.71 bits per heavy atom. The van der Waals surface area contributed by atoms with E-state index in [1.54, 1.807) is 18.3 Å². The molecule has 1 amide bonds. The molecule has 2 heterocycles. The fourth-order valence-electron chi connectivity index (χ4n) is 1.60. The molecule has 1 saturated heterocycles. The van der Waals surface area contributed by atoms with Crippen molar-refractivity contribution in [1.82, 2.24) is 10.3 Å². The first kappa shape index (κ1) is 11.8. The van der Waals surface area contributed by atoms with Gasteiger partial charge in [0.15, 0.2) is 0 Å². The van der Waals surface area contributed by atoms with E-state index in [1.807, 2.05) is 0 Å². The minimum absolute atomic E-state index is 0.143. The molecule has 1 fully saturated rings. The van der Waals surface area contributed by atoms with Gasteiger partial charge in [-0.25, -0.2) is 4.98 Å². The van der Waals surface area contributed by atoms with Gasteiger partial charge in [-0.3, -0.25) is 4.79 Å². The average molecular weight is 237 g/mol. The molecule has 6 nitrogen and oxygen atoms in total. The number of hydrogen-bond acceptors (Lipinski definition) is 5. The SMILES string of the molecule is COc1ncccc1NC(=O)C1COCCN1. The quantitative estimate of drug-likeness (QED) is 0.775. The maximum Gasteiger partial charge on any atom is 0.244 e. The van der Waals surface area contributed by atoms with Gasteiger partial charge in [-0.1, -0.05) is 0 Å². The molecular formula is C11H15N3O3. The molecule has 2 N–H and O–H groups in total. The van der Waals surface area contributed by atoms with Crippen LogP contribution in [0.2, 0.25) is 0 Å². The number of carbonyl (C=O) groups excluding carboxylic acids is 1. The van der Waals surface area contributed by atoms with E-state index in [0.29, 0.717) is 31.3 Å². The van der Waals surface area contributed by atoms with Crippen LogP contribution < -0.4 is 15.4 Å². The van der Waals surface area contributed by atoms with Crippen LogP contribution in [0.4, 0.5) is 5.69 Å². The lowest BCUT2D eigenvalue weighted by Crippen LogP contribution is -2.48. The summed E-state index contributed by atoms with van der Waals surface area (Å²) in [7, 11) is 1.51. The van der Waals surface area contributed by atoms with Crippen LogP contribution in [-0.4, -0.2) is 43.8 Å². The van der Waals surface area contributed by atoms with Crippen LogP contribution in [0.15, 0.2) is 18.3 Å². The topological polar surface area (TPSA) is 72.5 Å². The van der Waals surface area contributed by atoms with Gasteiger partial charge in [-0.2, -0.15) is 0 Å². The van der Waals surface area contributed by atoms with Gasteiger partial charge in [-0.05, 0) is 12.1 Å². The van der Waals surface area contributed by atoms with E-state index in [9.17, 15) is 4.79 Å². The zero-order chi connectivity index (χ0) is 12.1. The summed E-state index contributed by atoms with van der Waals surface area (Å²) in [6, 6.07) is 3.16. The van der Waals surface area contributed by atoms with Gasteiger partial charge in [0.1, 0.15) is 11.7 Å². The number of amides is 1. The van der Waals surface area contributed by atoms with Crippen LogP contribution >= 0.6 is 0 Å². The fourth-order valence-corrected chi connectivity index (χ4v) is 1.60. The summed E-state index contributed by atoms with van der Waals surface area (Å²) in [6.07, 6.45) is 1.61. The highest BCUT2D eigenvalue weighted by molar-refractivity contribution is 5.95. The maximum absolute atomic E-state index is 11.9. The Kier molecular flexibility index (Phi) is 3.89. The zero-order valence-electron chi connectivity index (χ0n) is 9.60. The van der Waals surface area contributed by atoms with Gasteiger partial charge in [-0.15, -0.1) is 0 Å². The van der Waals surface area contributed by atoms with Crippen molar-refractivity contribution in [2.45, 2.75) is 6.04 Å². The molecule has 0 spiro atoms. The zero-order valence-corrected chi connectivity index (χ0v) is 9.60. The van der Waals surface area contributed by atoms with Crippen molar-refractivity contribution in [3.8, 4) is 5.88 Å². The van der Waals surface area contributed by atoms with Gasteiger partial charge in [0.2, 0.25) is 11.8 Å². The van der Waals surface area contributed by atoms with Crippen LogP contribution in [0, 0.1) is 0 Å². The Labute approximate surface area is 99.3 Å². The van der Waals surface area contributed by atoms with E-state index >= 15 is 0 Å².